The largest absolute Gasteiger partial charge is 0.314 e. The first-order valence-electron chi connectivity index (χ1n) is 8.34. The van der Waals surface area contributed by atoms with Crippen molar-refractivity contribution < 1.29 is 8.78 Å². The highest BCUT2D eigenvalue weighted by Gasteiger charge is 2.12. The van der Waals surface area contributed by atoms with Crippen molar-refractivity contribution in [1.82, 2.24) is 5.32 Å². The van der Waals surface area contributed by atoms with E-state index in [2.05, 4.69) is 19.2 Å². The van der Waals surface area contributed by atoms with Gasteiger partial charge in [-0.15, -0.1) is 0 Å². The molecule has 0 aliphatic carbocycles. The van der Waals surface area contributed by atoms with Crippen LogP contribution in [0.1, 0.15) is 64.4 Å². The second-order valence-electron chi connectivity index (χ2n) is 5.79. The lowest BCUT2D eigenvalue weighted by atomic mass is 9.99. The molecule has 1 N–H and O–H groups in total. The maximum atomic E-state index is 13.7. The molecule has 0 aromatic heterocycles. The van der Waals surface area contributed by atoms with E-state index in [-0.39, 0.29) is 17.7 Å². The summed E-state index contributed by atoms with van der Waals surface area (Å²) < 4.78 is 27.0. The standard InChI is InChI=1S/C18H29F2N/c1-3-5-6-7-8-9-17(21-12-4-2)14-15-13-16(19)10-11-18(15)20/h10-11,13,17,21H,3-9,12,14H2,1-2H3. The van der Waals surface area contributed by atoms with E-state index in [0.29, 0.717) is 12.0 Å². The quantitative estimate of drug-likeness (QED) is 0.551. The third kappa shape index (κ3) is 7.56. The molecule has 1 nitrogen and oxygen atoms in total. The van der Waals surface area contributed by atoms with E-state index in [1.807, 2.05) is 0 Å². The number of unbranched alkanes of at least 4 members (excludes halogenated alkanes) is 4. The van der Waals surface area contributed by atoms with Crippen LogP contribution in [0, 0.1) is 11.6 Å². The molecule has 0 fully saturated rings. The van der Waals surface area contributed by atoms with E-state index < -0.39 is 0 Å². The molecule has 3 heteroatoms. The Hall–Kier alpha value is -0.960. The highest BCUT2D eigenvalue weighted by molar-refractivity contribution is 5.19. The summed E-state index contributed by atoms with van der Waals surface area (Å²) >= 11 is 0. The van der Waals surface area contributed by atoms with Gasteiger partial charge in [-0.1, -0.05) is 46.0 Å². The molecule has 0 aliphatic heterocycles. The highest BCUT2D eigenvalue weighted by Crippen LogP contribution is 2.15. The van der Waals surface area contributed by atoms with E-state index in [1.54, 1.807) is 0 Å². The zero-order valence-electron chi connectivity index (χ0n) is 13.4. The van der Waals surface area contributed by atoms with Crippen molar-refractivity contribution in [3.8, 4) is 0 Å². The predicted molar refractivity (Wildman–Crippen MR) is 85.5 cm³/mol. The van der Waals surface area contributed by atoms with Gasteiger partial charge in [-0.3, -0.25) is 0 Å². The molecule has 1 rings (SSSR count). The minimum Gasteiger partial charge on any atom is -0.314 e. The topological polar surface area (TPSA) is 12.0 Å². The van der Waals surface area contributed by atoms with Gasteiger partial charge in [0.25, 0.3) is 0 Å². The molecule has 0 amide bonds. The smallest absolute Gasteiger partial charge is 0.126 e. The minimum atomic E-state index is -0.358. The molecule has 0 aliphatic rings. The monoisotopic (exact) mass is 297 g/mol. The summed E-state index contributed by atoms with van der Waals surface area (Å²) in [7, 11) is 0. The van der Waals surface area contributed by atoms with Crippen LogP contribution in [0.4, 0.5) is 8.78 Å². The van der Waals surface area contributed by atoms with E-state index in [9.17, 15) is 8.78 Å². The molecule has 1 aromatic carbocycles. The molecule has 0 bridgehead atoms. The summed E-state index contributed by atoms with van der Waals surface area (Å²) in [6.45, 7) is 5.25. The van der Waals surface area contributed by atoms with Crippen LogP contribution in [0.5, 0.6) is 0 Å². The van der Waals surface area contributed by atoms with Crippen LogP contribution in [0.2, 0.25) is 0 Å². The van der Waals surface area contributed by atoms with Crippen LogP contribution in [-0.2, 0) is 6.42 Å². The van der Waals surface area contributed by atoms with Crippen LogP contribution in [0.3, 0.4) is 0 Å². The fraction of sp³-hybridized carbons (Fsp3) is 0.667. The molecular weight excluding hydrogens is 268 g/mol. The number of halogens is 2. The summed E-state index contributed by atoms with van der Waals surface area (Å²) in [5, 5.41) is 3.47. The minimum absolute atomic E-state index is 0.239. The van der Waals surface area contributed by atoms with Crippen molar-refractivity contribution in [2.45, 2.75) is 71.3 Å². The lowest BCUT2D eigenvalue weighted by Gasteiger charge is -2.19. The first kappa shape index (κ1) is 18.1. The van der Waals surface area contributed by atoms with Crippen LogP contribution in [0.25, 0.3) is 0 Å². The number of rotatable bonds is 11. The van der Waals surface area contributed by atoms with Crippen molar-refractivity contribution in [1.29, 1.82) is 0 Å². The van der Waals surface area contributed by atoms with E-state index in [0.717, 1.165) is 25.8 Å². The number of nitrogens with one attached hydrogen (secondary N) is 1. The lowest BCUT2D eigenvalue weighted by Crippen LogP contribution is -2.32. The maximum Gasteiger partial charge on any atom is 0.126 e. The highest BCUT2D eigenvalue weighted by atomic mass is 19.1. The molecule has 1 aromatic rings. The van der Waals surface area contributed by atoms with Crippen molar-refractivity contribution in [3.05, 3.63) is 35.4 Å². The van der Waals surface area contributed by atoms with E-state index in [4.69, 9.17) is 0 Å². The van der Waals surface area contributed by atoms with Gasteiger partial charge in [0.2, 0.25) is 0 Å². The van der Waals surface area contributed by atoms with Crippen molar-refractivity contribution in [2.24, 2.45) is 0 Å². The van der Waals surface area contributed by atoms with Crippen LogP contribution in [0.15, 0.2) is 18.2 Å². The van der Waals surface area contributed by atoms with Gasteiger partial charge >= 0.3 is 0 Å². The van der Waals surface area contributed by atoms with Gasteiger partial charge in [0.15, 0.2) is 0 Å². The van der Waals surface area contributed by atoms with Gasteiger partial charge in [-0.25, -0.2) is 8.78 Å². The van der Waals surface area contributed by atoms with Gasteiger partial charge in [-0.2, -0.15) is 0 Å². The predicted octanol–water partition coefficient (Wildman–Crippen LogP) is 5.24. The van der Waals surface area contributed by atoms with Gasteiger partial charge in [0.1, 0.15) is 11.6 Å². The Bertz CT molecular complexity index is 393. The van der Waals surface area contributed by atoms with E-state index in [1.165, 1.54) is 43.9 Å². The average molecular weight is 297 g/mol. The third-order valence-corrected chi connectivity index (χ3v) is 3.81. The molecule has 0 saturated heterocycles. The number of hydrogen-bond donors (Lipinski definition) is 1. The Morgan fingerprint density at radius 3 is 2.48 bits per heavy atom. The van der Waals surface area contributed by atoms with Crippen molar-refractivity contribution >= 4 is 0 Å². The SMILES string of the molecule is CCCCCCCC(Cc1cc(F)ccc1F)NCCC. The van der Waals surface area contributed by atoms with Crippen LogP contribution >= 0.6 is 0 Å². The van der Waals surface area contributed by atoms with Gasteiger partial charge < -0.3 is 5.32 Å². The average Bonchev–Trinajstić information content (AvgIpc) is 2.47. The fourth-order valence-corrected chi connectivity index (χ4v) is 2.58. The second kappa shape index (κ2) is 10.7. The second-order valence-corrected chi connectivity index (χ2v) is 5.79. The molecule has 0 saturated carbocycles. The third-order valence-electron chi connectivity index (χ3n) is 3.81. The zero-order valence-corrected chi connectivity index (χ0v) is 13.4. The van der Waals surface area contributed by atoms with Crippen LogP contribution < -0.4 is 5.32 Å². The molecule has 1 unspecified atom stereocenters. The summed E-state index contributed by atoms with van der Waals surface area (Å²) in [6, 6.07) is 3.97. The zero-order chi connectivity index (χ0) is 15.5. The first-order valence-corrected chi connectivity index (χ1v) is 8.34. The Kier molecular flexibility index (Phi) is 9.24. The molecule has 0 spiro atoms. The lowest BCUT2D eigenvalue weighted by molar-refractivity contribution is 0.443. The molecule has 0 radical (unpaired) electrons. The molecular formula is C18H29F2N. The van der Waals surface area contributed by atoms with Crippen molar-refractivity contribution in [3.63, 3.8) is 0 Å². The first-order chi connectivity index (χ1) is 10.2. The van der Waals surface area contributed by atoms with Crippen LogP contribution in [-0.4, -0.2) is 12.6 Å². The van der Waals surface area contributed by atoms with Crippen molar-refractivity contribution in [2.75, 3.05) is 6.54 Å². The Balaban J connectivity index is 2.50. The molecule has 0 heterocycles. The Morgan fingerprint density at radius 2 is 1.76 bits per heavy atom. The molecule has 21 heavy (non-hydrogen) atoms. The molecule has 1 atom stereocenters. The summed E-state index contributed by atoms with van der Waals surface area (Å²) in [5.41, 5.74) is 0.483. The molecule has 120 valence electrons. The number of hydrogen-bond acceptors (Lipinski definition) is 1. The Morgan fingerprint density at radius 1 is 1.00 bits per heavy atom. The maximum absolute atomic E-state index is 13.7. The summed E-state index contributed by atoms with van der Waals surface area (Å²) in [5.74, 6) is -0.658. The summed E-state index contributed by atoms with van der Waals surface area (Å²) in [6.07, 6.45) is 8.82. The normalized spacial score (nSPS) is 12.6. The van der Waals surface area contributed by atoms with Gasteiger partial charge in [0, 0.05) is 6.04 Å². The van der Waals surface area contributed by atoms with Gasteiger partial charge in [0.05, 0.1) is 0 Å². The van der Waals surface area contributed by atoms with Gasteiger partial charge in [-0.05, 0) is 49.6 Å². The summed E-state index contributed by atoms with van der Waals surface area (Å²) in [4.78, 5) is 0. The van der Waals surface area contributed by atoms with E-state index >= 15 is 0 Å². The Labute approximate surface area is 128 Å². The fourth-order valence-electron chi connectivity index (χ4n) is 2.58. The number of benzene rings is 1.